The number of aryl methyl sites for hydroxylation is 1. The van der Waals surface area contributed by atoms with Crippen molar-refractivity contribution >= 4 is 28.4 Å². The van der Waals surface area contributed by atoms with Crippen LogP contribution in [0.2, 0.25) is 5.02 Å². The van der Waals surface area contributed by atoms with Crippen molar-refractivity contribution in [3.63, 3.8) is 0 Å². The molecule has 0 aliphatic rings. The second-order valence-corrected chi connectivity index (χ2v) is 8.61. The molecule has 0 fully saturated rings. The molecule has 0 spiro atoms. The lowest BCUT2D eigenvalue weighted by Crippen LogP contribution is -2.37. The van der Waals surface area contributed by atoms with E-state index < -0.39 is 6.04 Å². The SMILES string of the molecule is Cc1ccc(C(=O)NC(c2nc3cc(Cl)ccc3c(=O)n2-c2ccccc2)C(C)C)cc1. The summed E-state index contributed by atoms with van der Waals surface area (Å²) in [4.78, 5) is 31.4. The van der Waals surface area contributed by atoms with Gasteiger partial charge in [-0.3, -0.25) is 14.2 Å². The van der Waals surface area contributed by atoms with Crippen LogP contribution in [0.5, 0.6) is 0 Å². The molecular formula is C26H24ClN3O2. The number of hydrogen-bond acceptors (Lipinski definition) is 3. The van der Waals surface area contributed by atoms with Crippen LogP contribution in [-0.2, 0) is 0 Å². The molecule has 1 unspecified atom stereocenters. The first-order valence-electron chi connectivity index (χ1n) is 10.5. The minimum atomic E-state index is -0.500. The van der Waals surface area contributed by atoms with Crippen molar-refractivity contribution in [3.05, 3.63) is 105 Å². The predicted molar refractivity (Wildman–Crippen MR) is 129 cm³/mol. The highest BCUT2D eigenvalue weighted by Crippen LogP contribution is 2.25. The maximum Gasteiger partial charge on any atom is 0.266 e. The fourth-order valence-electron chi connectivity index (χ4n) is 3.67. The molecule has 162 valence electrons. The van der Waals surface area contributed by atoms with E-state index in [2.05, 4.69) is 5.32 Å². The predicted octanol–water partition coefficient (Wildman–Crippen LogP) is 5.47. The van der Waals surface area contributed by atoms with E-state index in [-0.39, 0.29) is 17.4 Å². The molecule has 1 N–H and O–H groups in total. The van der Waals surface area contributed by atoms with Crippen molar-refractivity contribution in [2.45, 2.75) is 26.8 Å². The number of halogens is 1. The van der Waals surface area contributed by atoms with Gasteiger partial charge in [0.15, 0.2) is 0 Å². The Morgan fingerprint density at radius 2 is 1.69 bits per heavy atom. The molecule has 0 aliphatic heterocycles. The molecule has 4 aromatic rings. The summed E-state index contributed by atoms with van der Waals surface area (Å²) >= 11 is 6.18. The van der Waals surface area contributed by atoms with Gasteiger partial charge in [-0.2, -0.15) is 0 Å². The minimum Gasteiger partial charge on any atom is -0.342 e. The number of para-hydroxylation sites is 1. The van der Waals surface area contributed by atoms with Crippen LogP contribution in [0.3, 0.4) is 0 Å². The molecular weight excluding hydrogens is 422 g/mol. The van der Waals surface area contributed by atoms with Crippen molar-refractivity contribution in [2.75, 3.05) is 0 Å². The van der Waals surface area contributed by atoms with E-state index in [1.165, 1.54) is 0 Å². The third kappa shape index (κ3) is 4.30. The molecule has 0 saturated heterocycles. The Morgan fingerprint density at radius 1 is 1.00 bits per heavy atom. The molecule has 1 aromatic heterocycles. The summed E-state index contributed by atoms with van der Waals surface area (Å²) in [6.45, 7) is 5.95. The van der Waals surface area contributed by atoms with Crippen molar-refractivity contribution in [1.29, 1.82) is 0 Å². The molecule has 0 bridgehead atoms. The van der Waals surface area contributed by atoms with Gasteiger partial charge in [-0.15, -0.1) is 0 Å². The second-order valence-electron chi connectivity index (χ2n) is 8.17. The maximum absolute atomic E-state index is 13.5. The summed E-state index contributed by atoms with van der Waals surface area (Å²) in [5, 5.41) is 4.06. The first-order chi connectivity index (χ1) is 15.3. The van der Waals surface area contributed by atoms with Crippen LogP contribution >= 0.6 is 11.6 Å². The van der Waals surface area contributed by atoms with Gasteiger partial charge in [0.2, 0.25) is 0 Å². The van der Waals surface area contributed by atoms with Crippen LogP contribution < -0.4 is 10.9 Å². The molecule has 6 heteroatoms. The summed E-state index contributed by atoms with van der Waals surface area (Å²) in [7, 11) is 0. The van der Waals surface area contributed by atoms with E-state index in [9.17, 15) is 9.59 Å². The summed E-state index contributed by atoms with van der Waals surface area (Å²) in [6.07, 6.45) is 0. The van der Waals surface area contributed by atoms with Crippen LogP contribution in [0.25, 0.3) is 16.6 Å². The average Bonchev–Trinajstić information content (AvgIpc) is 2.77. The lowest BCUT2D eigenvalue weighted by atomic mass is 10.0. The highest BCUT2D eigenvalue weighted by Gasteiger charge is 2.26. The van der Waals surface area contributed by atoms with Gasteiger partial charge in [0.05, 0.1) is 22.6 Å². The van der Waals surface area contributed by atoms with Crippen molar-refractivity contribution < 1.29 is 4.79 Å². The maximum atomic E-state index is 13.5. The number of rotatable bonds is 5. The van der Waals surface area contributed by atoms with Crippen LogP contribution in [0.4, 0.5) is 0 Å². The number of carbonyl (C=O) groups is 1. The van der Waals surface area contributed by atoms with Crippen LogP contribution in [0.1, 0.15) is 41.6 Å². The Balaban J connectivity index is 1.90. The Bertz CT molecular complexity index is 1330. The molecule has 32 heavy (non-hydrogen) atoms. The Morgan fingerprint density at radius 3 is 2.34 bits per heavy atom. The fraction of sp³-hybridized carbons (Fsp3) is 0.192. The zero-order valence-electron chi connectivity index (χ0n) is 18.2. The van der Waals surface area contributed by atoms with Gasteiger partial charge in [-0.1, -0.05) is 61.3 Å². The molecule has 1 atom stereocenters. The highest BCUT2D eigenvalue weighted by molar-refractivity contribution is 6.31. The van der Waals surface area contributed by atoms with Gasteiger partial charge in [0, 0.05) is 10.6 Å². The van der Waals surface area contributed by atoms with Crippen molar-refractivity contribution in [1.82, 2.24) is 14.9 Å². The summed E-state index contributed by atoms with van der Waals surface area (Å²) in [5.41, 5.74) is 2.61. The van der Waals surface area contributed by atoms with Crippen LogP contribution in [0, 0.1) is 12.8 Å². The second kappa shape index (κ2) is 8.97. The van der Waals surface area contributed by atoms with E-state index in [0.717, 1.165) is 5.56 Å². The van der Waals surface area contributed by atoms with Gasteiger partial charge in [-0.25, -0.2) is 4.98 Å². The summed E-state index contributed by atoms with van der Waals surface area (Å²) in [6, 6.07) is 21.3. The molecule has 4 rings (SSSR count). The van der Waals surface area contributed by atoms with E-state index >= 15 is 0 Å². The molecule has 0 saturated carbocycles. The molecule has 0 radical (unpaired) electrons. The third-order valence-corrected chi connectivity index (χ3v) is 5.65. The molecule has 5 nitrogen and oxygen atoms in total. The Hall–Kier alpha value is -3.44. The number of hydrogen-bond donors (Lipinski definition) is 1. The standard InChI is InChI=1S/C26H24ClN3O2/c1-16(2)23(29-25(31)18-11-9-17(3)10-12-18)24-28-22-15-19(27)13-14-21(22)26(32)30(24)20-7-5-4-6-8-20/h4-16,23H,1-3H3,(H,29,31). The van der Waals surface area contributed by atoms with E-state index in [1.807, 2.05) is 63.2 Å². The zero-order chi connectivity index (χ0) is 22.8. The average molecular weight is 446 g/mol. The molecule has 1 amide bonds. The number of aromatic nitrogens is 2. The first-order valence-corrected chi connectivity index (χ1v) is 10.9. The number of fused-ring (bicyclic) bond motifs is 1. The van der Waals surface area contributed by atoms with Gasteiger partial charge in [-0.05, 0) is 55.3 Å². The third-order valence-electron chi connectivity index (χ3n) is 5.42. The Kier molecular flexibility index (Phi) is 6.10. The number of carbonyl (C=O) groups excluding carboxylic acids is 1. The van der Waals surface area contributed by atoms with Crippen LogP contribution in [0.15, 0.2) is 77.6 Å². The summed E-state index contributed by atoms with van der Waals surface area (Å²) < 4.78 is 1.58. The first kappa shape index (κ1) is 21.8. The molecule has 1 heterocycles. The number of amides is 1. The van der Waals surface area contributed by atoms with Gasteiger partial charge in [0.25, 0.3) is 11.5 Å². The number of nitrogens with one attached hydrogen (secondary N) is 1. The zero-order valence-corrected chi connectivity index (χ0v) is 18.9. The Labute approximate surface area is 191 Å². The summed E-state index contributed by atoms with van der Waals surface area (Å²) in [5.74, 6) is 0.220. The lowest BCUT2D eigenvalue weighted by molar-refractivity contribution is 0.0922. The minimum absolute atomic E-state index is 0.0251. The van der Waals surface area contributed by atoms with Gasteiger partial charge in [0.1, 0.15) is 5.82 Å². The largest absolute Gasteiger partial charge is 0.342 e. The van der Waals surface area contributed by atoms with E-state index in [0.29, 0.717) is 33.0 Å². The quantitative estimate of drug-likeness (QED) is 0.442. The smallest absolute Gasteiger partial charge is 0.266 e. The number of benzene rings is 3. The monoisotopic (exact) mass is 445 g/mol. The van der Waals surface area contributed by atoms with Crippen molar-refractivity contribution in [2.24, 2.45) is 5.92 Å². The van der Waals surface area contributed by atoms with Crippen LogP contribution in [-0.4, -0.2) is 15.5 Å². The van der Waals surface area contributed by atoms with E-state index in [1.54, 1.807) is 34.9 Å². The normalized spacial score (nSPS) is 12.2. The van der Waals surface area contributed by atoms with Gasteiger partial charge < -0.3 is 5.32 Å². The van der Waals surface area contributed by atoms with E-state index in [4.69, 9.17) is 16.6 Å². The molecule has 3 aromatic carbocycles. The number of nitrogens with zero attached hydrogens (tertiary/aromatic N) is 2. The topological polar surface area (TPSA) is 64.0 Å². The lowest BCUT2D eigenvalue weighted by Gasteiger charge is -2.25. The highest BCUT2D eigenvalue weighted by atomic mass is 35.5. The fourth-order valence-corrected chi connectivity index (χ4v) is 3.84. The molecule has 0 aliphatic carbocycles. The van der Waals surface area contributed by atoms with Crippen molar-refractivity contribution in [3.8, 4) is 5.69 Å². The van der Waals surface area contributed by atoms with Gasteiger partial charge >= 0.3 is 0 Å².